The fourth-order valence-electron chi connectivity index (χ4n) is 2.23. The van der Waals surface area contributed by atoms with Crippen molar-refractivity contribution in [3.63, 3.8) is 0 Å². The highest BCUT2D eigenvalue weighted by molar-refractivity contribution is 5.96. The Morgan fingerprint density at radius 3 is 2.95 bits per heavy atom. The molecule has 0 atom stereocenters. The van der Waals surface area contributed by atoms with E-state index in [4.69, 9.17) is 0 Å². The molecule has 1 aromatic carbocycles. The second-order valence-electron chi connectivity index (χ2n) is 4.93. The first-order chi connectivity index (χ1) is 9.70. The first kappa shape index (κ1) is 14.4. The number of anilines is 2. The van der Waals surface area contributed by atoms with Crippen LogP contribution in [-0.2, 0) is 4.79 Å². The number of amides is 3. The molecule has 5 heteroatoms. The molecular formula is C15H21N3O2. The molecular weight excluding hydrogens is 254 g/mol. The molecule has 1 fully saturated rings. The Balaban J connectivity index is 1.95. The average Bonchev–Trinajstić information content (AvgIpc) is 2.85. The average molecular weight is 275 g/mol. The highest BCUT2D eigenvalue weighted by Gasteiger charge is 2.21. The second-order valence-corrected chi connectivity index (χ2v) is 4.93. The van der Waals surface area contributed by atoms with Crippen LogP contribution in [0.5, 0.6) is 0 Å². The van der Waals surface area contributed by atoms with Gasteiger partial charge in [0, 0.05) is 30.9 Å². The highest BCUT2D eigenvalue weighted by Crippen LogP contribution is 2.24. The number of hydrogen-bond donors (Lipinski definition) is 2. The van der Waals surface area contributed by atoms with E-state index in [1.54, 1.807) is 4.90 Å². The molecule has 0 aromatic heterocycles. The van der Waals surface area contributed by atoms with Crippen LogP contribution >= 0.6 is 0 Å². The summed E-state index contributed by atoms with van der Waals surface area (Å²) < 4.78 is 0. The zero-order chi connectivity index (χ0) is 14.4. The van der Waals surface area contributed by atoms with Gasteiger partial charge in [0.1, 0.15) is 0 Å². The van der Waals surface area contributed by atoms with Gasteiger partial charge in [0.15, 0.2) is 0 Å². The van der Waals surface area contributed by atoms with Crippen LogP contribution in [0.25, 0.3) is 0 Å². The van der Waals surface area contributed by atoms with Gasteiger partial charge in [0.2, 0.25) is 5.91 Å². The number of urea groups is 1. The Labute approximate surface area is 119 Å². The minimum atomic E-state index is -0.205. The summed E-state index contributed by atoms with van der Waals surface area (Å²) in [7, 11) is 0. The van der Waals surface area contributed by atoms with Gasteiger partial charge in [0.25, 0.3) is 0 Å². The quantitative estimate of drug-likeness (QED) is 0.812. The Bertz CT molecular complexity index is 488. The van der Waals surface area contributed by atoms with Crippen LogP contribution in [0.1, 0.15) is 32.6 Å². The van der Waals surface area contributed by atoms with Crippen LogP contribution in [0.4, 0.5) is 16.2 Å². The predicted molar refractivity (Wildman–Crippen MR) is 80.0 cm³/mol. The number of carbonyl (C=O) groups is 2. The first-order valence-electron chi connectivity index (χ1n) is 7.16. The second kappa shape index (κ2) is 6.93. The number of nitrogens with one attached hydrogen (secondary N) is 2. The van der Waals surface area contributed by atoms with Gasteiger partial charge in [-0.15, -0.1) is 0 Å². The molecule has 0 bridgehead atoms. The molecule has 0 radical (unpaired) electrons. The minimum absolute atomic E-state index is 0.148. The predicted octanol–water partition coefficient (Wildman–Crippen LogP) is 2.74. The largest absolute Gasteiger partial charge is 0.338 e. The van der Waals surface area contributed by atoms with Crippen LogP contribution in [0.2, 0.25) is 0 Å². The maximum atomic E-state index is 11.7. The Morgan fingerprint density at radius 2 is 2.25 bits per heavy atom. The van der Waals surface area contributed by atoms with E-state index in [9.17, 15) is 9.59 Å². The lowest BCUT2D eigenvalue weighted by Gasteiger charge is -2.16. The Kier molecular flexibility index (Phi) is 4.98. The fourth-order valence-corrected chi connectivity index (χ4v) is 2.23. The summed E-state index contributed by atoms with van der Waals surface area (Å²) in [5.41, 5.74) is 1.55. The molecule has 1 aliphatic heterocycles. The molecule has 0 aliphatic carbocycles. The van der Waals surface area contributed by atoms with Crippen LogP contribution in [0.15, 0.2) is 24.3 Å². The lowest BCUT2D eigenvalue weighted by Crippen LogP contribution is -2.29. The van der Waals surface area contributed by atoms with E-state index < -0.39 is 0 Å². The molecule has 2 rings (SSSR count). The van der Waals surface area contributed by atoms with E-state index in [0.717, 1.165) is 31.5 Å². The number of rotatable bonds is 5. The minimum Gasteiger partial charge on any atom is -0.338 e. The molecule has 0 spiro atoms. The molecule has 5 nitrogen and oxygen atoms in total. The van der Waals surface area contributed by atoms with Crippen molar-refractivity contribution in [3.05, 3.63) is 24.3 Å². The maximum Gasteiger partial charge on any atom is 0.319 e. The maximum absolute atomic E-state index is 11.7. The van der Waals surface area contributed by atoms with E-state index in [-0.39, 0.29) is 11.9 Å². The van der Waals surface area contributed by atoms with Gasteiger partial charge in [-0.3, -0.25) is 4.79 Å². The van der Waals surface area contributed by atoms with Gasteiger partial charge < -0.3 is 15.5 Å². The van der Waals surface area contributed by atoms with E-state index in [2.05, 4.69) is 17.6 Å². The van der Waals surface area contributed by atoms with Crippen LogP contribution in [-0.4, -0.2) is 25.0 Å². The molecule has 1 aliphatic rings. The SMILES string of the molecule is CCCCNC(=O)Nc1cccc(N2CCCC2=O)c1. The molecule has 0 saturated carbocycles. The summed E-state index contributed by atoms with van der Waals surface area (Å²) in [6.45, 7) is 3.51. The molecule has 2 N–H and O–H groups in total. The molecule has 1 heterocycles. The number of hydrogen-bond acceptors (Lipinski definition) is 2. The van der Waals surface area contributed by atoms with Crippen LogP contribution < -0.4 is 15.5 Å². The van der Waals surface area contributed by atoms with Crippen molar-refractivity contribution in [3.8, 4) is 0 Å². The number of unbranched alkanes of at least 4 members (excludes halogenated alkanes) is 1. The smallest absolute Gasteiger partial charge is 0.319 e. The standard InChI is InChI=1S/C15H21N3O2/c1-2-3-9-16-15(20)17-12-6-4-7-13(11-12)18-10-5-8-14(18)19/h4,6-7,11H,2-3,5,8-10H2,1H3,(H2,16,17,20). The Hall–Kier alpha value is -2.04. The first-order valence-corrected chi connectivity index (χ1v) is 7.16. The lowest BCUT2D eigenvalue weighted by atomic mass is 10.2. The van der Waals surface area contributed by atoms with Crippen molar-refractivity contribution < 1.29 is 9.59 Å². The monoisotopic (exact) mass is 275 g/mol. The van der Waals surface area contributed by atoms with E-state index in [1.807, 2.05) is 24.3 Å². The molecule has 20 heavy (non-hydrogen) atoms. The van der Waals surface area contributed by atoms with E-state index in [1.165, 1.54) is 0 Å². The highest BCUT2D eigenvalue weighted by atomic mass is 16.2. The summed E-state index contributed by atoms with van der Waals surface area (Å²) in [4.78, 5) is 25.2. The van der Waals surface area contributed by atoms with Crippen molar-refractivity contribution in [1.29, 1.82) is 0 Å². The topological polar surface area (TPSA) is 61.4 Å². The third-order valence-corrected chi connectivity index (χ3v) is 3.31. The zero-order valence-electron chi connectivity index (χ0n) is 11.8. The fraction of sp³-hybridized carbons (Fsp3) is 0.467. The molecule has 1 saturated heterocycles. The van der Waals surface area contributed by atoms with Gasteiger partial charge in [-0.1, -0.05) is 19.4 Å². The van der Waals surface area contributed by atoms with Crippen molar-refractivity contribution in [2.75, 3.05) is 23.3 Å². The summed E-state index contributed by atoms with van der Waals surface area (Å²) in [5, 5.41) is 5.59. The van der Waals surface area contributed by atoms with Crippen LogP contribution in [0.3, 0.4) is 0 Å². The molecule has 0 unspecified atom stereocenters. The lowest BCUT2D eigenvalue weighted by molar-refractivity contribution is -0.117. The van der Waals surface area contributed by atoms with Gasteiger partial charge in [-0.05, 0) is 31.0 Å². The number of benzene rings is 1. The summed E-state index contributed by atoms with van der Waals surface area (Å²) >= 11 is 0. The molecule has 1 aromatic rings. The third kappa shape index (κ3) is 3.73. The summed E-state index contributed by atoms with van der Waals surface area (Å²) in [5.74, 6) is 0.148. The third-order valence-electron chi connectivity index (χ3n) is 3.31. The number of nitrogens with zero attached hydrogens (tertiary/aromatic N) is 1. The molecule has 108 valence electrons. The van der Waals surface area contributed by atoms with Gasteiger partial charge in [0.05, 0.1) is 0 Å². The molecule has 3 amide bonds. The van der Waals surface area contributed by atoms with Crippen molar-refractivity contribution in [2.24, 2.45) is 0 Å². The van der Waals surface area contributed by atoms with Gasteiger partial charge in [-0.2, -0.15) is 0 Å². The summed E-state index contributed by atoms with van der Waals surface area (Å²) in [6, 6.07) is 7.20. The zero-order valence-corrected chi connectivity index (χ0v) is 11.8. The van der Waals surface area contributed by atoms with Gasteiger partial charge >= 0.3 is 6.03 Å². The van der Waals surface area contributed by atoms with Crippen molar-refractivity contribution in [2.45, 2.75) is 32.6 Å². The van der Waals surface area contributed by atoms with Crippen LogP contribution in [0, 0.1) is 0 Å². The Morgan fingerprint density at radius 1 is 1.40 bits per heavy atom. The van der Waals surface area contributed by atoms with Gasteiger partial charge in [-0.25, -0.2) is 4.79 Å². The summed E-state index contributed by atoms with van der Waals surface area (Å²) in [6.07, 6.45) is 3.52. The van der Waals surface area contributed by atoms with E-state index >= 15 is 0 Å². The van der Waals surface area contributed by atoms with E-state index in [0.29, 0.717) is 18.7 Å². The normalized spacial score (nSPS) is 14.4. The number of carbonyl (C=O) groups excluding carboxylic acids is 2. The van der Waals surface area contributed by atoms with Crippen molar-refractivity contribution >= 4 is 23.3 Å². The van der Waals surface area contributed by atoms with Crippen molar-refractivity contribution in [1.82, 2.24) is 5.32 Å².